The van der Waals surface area contributed by atoms with Gasteiger partial charge in [-0.25, -0.2) is 0 Å². The van der Waals surface area contributed by atoms with Gasteiger partial charge in [0.05, 0.1) is 19.6 Å². The summed E-state index contributed by atoms with van der Waals surface area (Å²) in [5.41, 5.74) is 0.0260. The van der Waals surface area contributed by atoms with Crippen molar-refractivity contribution in [1.29, 1.82) is 0 Å². The van der Waals surface area contributed by atoms with Crippen molar-refractivity contribution in [3.05, 3.63) is 23.8 Å². The molecule has 17 heavy (non-hydrogen) atoms. The highest BCUT2D eigenvalue weighted by Crippen LogP contribution is 2.35. The van der Waals surface area contributed by atoms with Crippen molar-refractivity contribution in [2.45, 2.75) is 18.6 Å². The summed E-state index contributed by atoms with van der Waals surface area (Å²) in [6, 6.07) is 4.38. The summed E-state index contributed by atoms with van der Waals surface area (Å²) in [7, 11) is 1.35. The van der Waals surface area contributed by atoms with E-state index >= 15 is 0 Å². The molecule has 0 aliphatic carbocycles. The van der Waals surface area contributed by atoms with Crippen molar-refractivity contribution < 1.29 is 30.0 Å². The zero-order chi connectivity index (χ0) is 13.0. The summed E-state index contributed by atoms with van der Waals surface area (Å²) in [6.45, 7) is 0. The SMILES string of the molecule is COc1cccc(C(O)C(O)CC(=O)O)c1O. The fourth-order valence-corrected chi connectivity index (χ4v) is 1.44. The summed E-state index contributed by atoms with van der Waals surface area (Å²) in [4.78, 5) is 10.4. The molecule has 0 spiro atoms. The number of carboxylic acids is 1. The van der Waals surface area contributed by atoms with Gasteiger partial charge < -0.3 is 25.2 Å². The minimum Gasteiger partial charge on any atom is -0.504 e. The highest BCUT2D eigenvalue weighted by atomic mass is 16.5. The second-order valence-corrected chi connectivity index (χ2v) is 3.51. The van der Waals surface area contributed by atoms with E-state index in [4.69, 9.17) is 9.84 Å². The smallest absolute Gasteiger partial charge is 0.306 e. The van der Waals surface area contributed by atoms with Crippen molar-refractivity contribution in [1.82, 2.24) is 0 Å². The number of carboxylic acid groups (broad SMARTS) is 1. The summed E-state index contributed by atoms with van der Waals surface area (Å²) in [5, 5.41) is 37.3. The standard InChI is InChI=1S/C11H14O6/c1-17-8-4-2-3-6(11(8)16)10(15)7(12)5-9(13)14/h2-4,7,10,12,15-16H,5H2,1H3,(H,13,14). The molecule has 2 unspecified atom stereocenters. The maximum atomic E-state index is 10.4. The van der Waals surface area contributed by atoms with Crippen LogP contribution in [0.3, 0.4) is 0 Å². The molecule has 6 nitrogen and oxygen atoms in total. The summed E-state index contributed by atoms with van der Waals surface area (Å²) in [5.74, 6) is -1.41. The summed E-state index contributed by atoms with van der Waals surface area (Å²) >= 11 is 0. The number of ether oxygens (including phenoxy) is 1. The van der Waals surface area contributed by atoms with Crippen molar-refractivity contribution in [2.75, 3.05) is 7.11 Å². The molecule has 0 aliphatic heterocycles. The van der Waals surface area contributed by atoms with Gasteiger partial charge in [0.25, 0.3) is 0 Å². The van der Waals surface area contributed by atoms with Gasteiger partial charge in [0.15, 0.2) is 11.5 Å². The largest absolute Gasteiger partial charge is 0.504 e. The third-order valence-electron chi connectivity index (χ3n) is 2.32. The van der Waals surface area contributed by atoms with E-state index in [1.54, 1.807) is 0 Å². The van der Waals surface area contributed by atoms with Gasteiger partial charge >= 0.3 is 5.97 Å². The first-order valence-corrected chi connectivity index (χ1v) is 4.91. The van der Waals surface area contributed by atoms with Gasteiger partial charge in [-0.05, 0) is 6.07 Å². The number of hydrogen-bond acceptors (Lipinski definition) is 5. The van der Waals surface area contributed by atoms with Gasteiger partial charge in [-0.3, -0.25) is 4.79 Å². The first-order chi connectivity index (χ1) is 7.97. The van der Waals surface area contributed by atoms with Gasteiger partial charge in [-0.1, -0.05) is 12.1 Å². The molecular weight excluding hydrogens is 228 g/mol. The van der Waals surface area contributed by atoms with Crippen molar-refractivity contribution in [2.24, 2.45) is 0 Å². The Morgan fingerprint density at radius 1 is 1.41 bits per heavy atom. The Labute approximate surface area is 97.7 Å². The second kappa shape index (κ2) is 5.51. The van der Waals surface area contributed by atoms with E-state index in [0.29, 0.717) is 0 Å². The number of phenolic OH excluding ortho intramolecular Hbond substituents is 1. The second-order valence-electron chi connectivity index (χ2n) is 3.51. The molecule has 0 aromatic heterocycles. The number of methoxy groups -OCH3 is 1. The zero-order valence-corrected chi connectivity index (χ0v) is 9.20. The van der Waals surface area contributed by atoms with Crippen LogP contribution in [0.2, 0.25) is 0 Å². The molecule has 1 rings (SSSR count). The van der Waals surface area contributed by atoms with Crippen LogP contribution in [0.15, 0.2) is 18.2 Å². The number of aliphatic carboxylic acids is 1. The van der Waals surface area contributed by atoms with Crippen LogP contribution in [-0.4, -0.2) is 39.6 Å². The third kappa shape index (κ3) is 3.08. The molecule has 0 heterocycles. The Kier molecular flexibility index (Phi) is 4.30. The molecule has 94 valence electrons. The number of rotatable bonds is 5. The predicted octanol–water partition coefficient (Wildman–Crippen LogP) is 0.270. The predicted molar refractivity (Wildman–Crippen MR) is 57.9 cm³/mol. The van der Waals surface area contributed by atoms with Crippen LogP contribution < -0.4 is 4.74 Å². The van der Waals surface area contributed by atoms with E-state index in [-0.39, 0.29) is 17.1 Å². The lowest BCUT2D eigenvalue weighted by Gasteiger charge is -2.18. The molecule has 0 aliphatic rings. The van der Waals surface area contributed by atoms with Gasteiger partial charge in [0, 0.05) is 5.56 Å². The van der Waals surface area contributed by atoms with E-state index < -0.39 is 24.6 Å². The number of carbonyl (C=O) groups is 1. The van der Waals surface area contributed by atoms with Crippen molar-refractivity contribution >= 4 is 5.97 Å². The molecular formula is C11H14O6. The first kappa shape index (κ1) is 13.3. The Hall–Kier alpha value is -1.79. The molecule has 0 fully saturated rings. The molecule has 1 aromatic carbocycles. The lowest BCUT2D eigenvalue weighted by molar-refractivity contribution is -0.141. The minimum atomic E-state index is -1.49. The van der Waals surface area contributed by atoms with E-state index in [0.717, 1.165) is 0 Å². The topological polar surface area (TPSA) is 107 Å². The lowest BCUT2D eigenvalue weighted by Crippen LogP contribution is -2.21. The van der Waals surface area contributed by atoms with Crippen LogP contribution in [0.1, 0.15) is 18.1 Å². The fraction of sp³-hybridized carbons (Fsp3) is 0.364. The minimum absolute atomic E-state index is 0.0260. The quantitative estimate of drug-likeness (QED) is 0.590. The van der Waals surface area contributed by atoms with E-state index in [1.807, 2.05) is 0 Å². The van der Waals surface area contributed by atoms with Gasteiger partial charge in [0.1, 0.15) is 6.10 Å². The summed E-state index contributed by atoms with van der Waals surface area (Å²) in [6.07, 6.45) is -3.59. The maximum Gasteiger partial charge on any atom is 0.306 e. The fourth-order valence-electron chi connectivity index (χ4n) is 1.44. The Morgan fingerprint density at radius 3 is 2.59 bits per heavy atom. The molecule has 0 amide bonds. The molecule has 0 bridgehead atoms. The highest BCUT2D eigenvalue weighted by molar-refractivity contribution is 5.67. The average Bonchev–Trinajstić information content (AvgIpc) is 2.27. The number of benzene rings is 1. The van der Waals surface area contributed by atoms with E-state index in [1.165, 1.54) is 25.3 Å². The molecule has 0 saturated carbocycles. The first-order valence-electron chi connectivity index (χ1n) is 4.91. The van der Waals surface area contributed by atoms with Crippen LogP contribution >= 0.6 is 0 Å². The molecule has 6 heteroatoms. The van der Waals surface area contributed by atoms with Gasteiger partial charge in [-0.2, -0.15) is 0 Å². The number of para-hydroxylation sites is 1. The van der Waals surface area contributed by atoms with Crippen LogP contribution in [0, 0.1) is 0 Å². The van der Waals surface area contributed by atoms with Gasteiger partial charge in [0.2, 0.25) is 0 Å². The number of aliphatic hydroxyl groups excluding tert-OH is 2. The molecule has 2 atom stereocenters. The van der Waals surface area contributed by atoms with Crippen LogP contribution in [0.5, 0.6) is 11.5 Å². The molecule has 0 radical (unpaired) electrons. The maximum absolute atomic E-state index is 10.4. The normalized spacial score (nSPS) is 14.1. The summed E-state index contributed by atoms with van der Waals surface area (Å²) < 4.78 is 4.84. The van der Waals surface area contributed by atoms with Crippen molar-refractivity contribution in [3.63, 3.8) is 0 Å². The number of hydrogen-bond donors (Lipinski definition) is 4. The molecule has 4 N–H and O–H groups in total. The Morgan fingerprint density at radius 2 is 2.06 bits per heavy atom. The van der Waals surface area contributed by atoms with Crippen LogP contribution in [0.25, 0.3) is 0 Å². The monoisotopic (exact) mass is 242 g/mol. The number of phenols is 1. The zero-order valence-electron chi connectivity index (χ0n) is 9.20. The average molecular weight is 242 g/mol. The Balaban J connectivity index is 2.95. The van der Waals surface area contributed by atoms with E-state index in [9.17, 15) is 20.1 Å². The Bertz CT molecular complexity index is 403. The van der Waals surface area contributed by atoms with Crippen LogP contribution in [0.4, 0.5) is 0 Å². The molecule has 0 saturated heterocycles. The number of aromatic hydroxyl groups is 1. The van der Waals surface area contributed by atoms with Crippen LogP contribution in [-0.2, 0) is 4.79 Å². The lowest BCUT2D eigenvalue weighted by atomic mass is 10.0. The van der Waals surface area contributed by atoms with Gasteiger partial charge in [-0.15, -0.1) is 0 Å². The van der Waals surface area contributed by atoms with E-state index in [2.05, 4.69) is 0 Å². The highest BCUT2D eigenvalue weighted by Gasteiger charge is 2.24. The van der Waals surface area contributed by atoms with Crippen molar-refractivity contribution in [3.8, 4) is 11.5 Å². The third-order valence-corrected chi connectivity index (χ3v) is 2.32. The number of aliphatic hydroxyl groups is 2. The molecule has 1 aromatic rings.